The van der Waals surface area contributed by atoms with Crippen molar-refractivity contribution in [1.82, 2.24) is 15.2 Å². The Morgan fingerprint density at radius 2 is 2.08 bits per heavy atom. The molecule has 0 aliphatic carbocycles. The zero-order chi connectivity index (χ0) is 19.5. The minimum atomic E-state index is -0.595. The van der Waals surface area contributed by atoms with Gasteiger partial charge in [0.2, 0.25) is 0 Å². The highest BCUT2D eigenvalue weighted by molar-refractivity contribution is 9.11. The molecule has 2 atom stereocenters. The standard InChI is InChI=1S/C17H26BrN3O4S/c1-10(2)24-15(22)20-11-6-7-12(14-19-8-13(18)26-14)21(9-11)16(23)25-17(3,4)5/h8,10-12H,6-7,9H2,1-5H3,(H,20,22)/t11-,12+/m0/s1. The van der Waals surface area contributed by atoms with Crippen molar-refractivity contribution < 1.29 is 19.1 Å². The summed E-state index contributed by atoms with van der Waals surface area (Å²) in [4.78, 5) is 30.7. The number of nitrogens with zero attached hydrogens (tertiary/aromatic N) is 2. The van der Waals surface area contributed by atoms with Crippen molar-refractivity contribution in [3.63, 3.8) is 0 Å². The van der Waals surface area contributed by atoms with E-state index in [-0.39, 0.29) is 18.2 Å². The van der Waals surface area contributed by atoms with Crippen molar-refractivity contribution in [2.24, 2.45) is 0 Å². The summed E-state index contributed by atoms with van der Waals surface area (Å²) < 4.78 is 11.6. The highest BCUT2D eigenvalue weighted by Crippen LogP contribution is 2.35. The molecule has 0 radical (unpaired) electrons. The first-order valence-corrected chi connectivity index (χ1v) is 10.2. The monoisotopic (exact) mass is 447 g/mol. The minimum Gasteiger partial charge on any atom is -0.447 e. The van der Waals surface area contributed by atoms with Gasteiger partial charge >= 0.3 is 12.2 Å². The van der Waals surface area contributed by atoms with Crippen LogP contribution in [0, 0.1) is 0 Å². The Morgan fingerprint density at radius 3 is 2.62 bits per heavy atom. The van der Waals surface area contributed by atoms with E-state index in [0.717, 1.165) is 15.2 Å². The fraction of sp³-hybridized carbons (Fsp3) is 0.706. The molecular formula is C17H26BrN3O4S. The van der Waals surface area contributed by atoms with E-state index >= 15 is 0 Å². The number of carbonyl (C=O) groups excluding carboxylic acids is 2. The van der Waals surface area contributed by atoms with Crippen LogP contribution in [0.5, 0.6) is 0 Å². The Hall–Kier alpha value is -1.35. The van der Waals surface area contributed by atoms with Crippen LogP contribution in [0.1, 0.15) is 58.5 Å². The zero-order valence-corrected chi connectivity index (χ0v) is 18.1. The number of likely N-dealkylation sites (tertiary alicyclic amines) is 1. The average molecular weight is 448 g/mol. The number of amides is 2. The summed E-state index contributed by atoms with van der Waals surface area (Å²) in [5.74, 6) is 0. The number of ether oxygens (including phenoxy) is 2. The number of halogens is 1. The Morgan fingerprint density at radius 1 is 1.38 bits per heavy atom. The molecule has 1 aliphatic rings. The molecule has 2 heterocycles. The van der Waals surface area contributed by atoms with Crippen molar-refractivity contribution in [3.8, 4) is 0 Å². The molecule has 2 rings (SSSR count). The maximum absolute atomic E-state index is 12.7. The maximum Gasteiger partial charge on any atom is 0.410 e. The first-order valence-electron chi connectivity index (χ1n) is 8.63. The molecule has 0 saturated carbocycles. The van der Waals surface area contributed by atoms with E-state index < -0.39 is 17.8 Å². The largest absolute Gasteiger partial charge is 0.447 e. The minimum absolute atomic E-state index is 0.166. The predicted octanol–water partition coefficient (Wildman–Crippen LogP) is 4.48. The second-order valence-corrected chi connectivity index (χ2v) is 9.97. The number of carbonyl (C=O) groups is 2. The van der Waals surface area contributed by atoms with Crippen LogP contribution in [0.15, 0.2) is 9.98 Å². The number of alkyl carbamates (subject to hydrolysis) is 1. The highest BCUT2D eigenvalue weighted by atomic mass is 79.9. The van der Waals surface area contributed by atoms with E-state index in [2.05, 4.69) is 26.2 Å². The molecule has 1 aromatic heterocycles. The zero-order valence-electron chi connectivity index (χ0n) is 15.7. The van der Waals surface area contributed by atoms with Crippen LogP contribution in [-0.4, -0.2) is 46.4 Å². The van der Waals surface area contributed by atoms with E-state index in [1.54, 1.807) is 24.9 Å². The average Bonchev–Trinajstić information content (AvgIpc) is 2.91. The van der Waals surface area contributed by atoms with E-state index in [1.807, 2.05) is 20.8 Å². The SMILES string of the molecule is CC(C)OC(=O)N[C@H]1CC[C@H](c2ncc(Br)s2)N(C(=O)OC(C)(C)C)C1. The van der Waals surface area contributed by atoms with Gasteiger partial charge in [0.1, 0.15) is 10.6 Å². The highest BCUT2D eigenvalue weighted by Gasteiger charge is 2.37. The first-order chi connectivity index (χ1) is 12.0. The number of rotatable bonds is 3. The van der Waals surface area contributed by atoms with Crippen LogP contribution < -0.4 is 5.32 Å². The molecule has 0 bridgehead atoms. The summed E-state index contributed by atoms with van der Waals surface area (Å²) in [7, 11) is 0. The molecule has 1 fully saturated rings. The molecule has 1 aliphatic heterocycles. The summed E-state index contributed by atoms with van der Waals surface area (Å²) in [6.07, 6.45) is 2.08. The molecule has 0 unspecified atom stereocenters. The fourth-order valence-corrected chi connectivity index (χ4v) is 4.10. The number of piperidine rings is 1. The topological polar surface area (TPSA) is 80.8 Å². The van der Waals surface area contributed by atoms with E-state index in [9.17, 15) is 9.59 Å². The number of hydrogen-bond acceptors (Lipinski definition) is 6. The van der Waals surface area contributed by atoms with E-state index in [4.69, 9.17) is 9.47 Å². The number of thiazole rings is 1. The lowest BCUT2D eigenvalue weighted by Crippen LogP contribution is -2.52. The summed E-state index contributed by atoms with van der Waals surface area (Å²) in [5.41, 5.74) is -0.595. The Kier molecular flexibility index (Phi) is 6.90. The number of aromatic nitrogens is 1. The van der Waals surface area contributed by atoms with Crippen molar-refractivity contribution in [2.45, 2.75) is 71.2 Å². The van der Waals surface area contributed by atoms with Crippen LogP contribution in [0.3, 0.4) is 0 Å². The van der Waals surface area contributed by atoms with Gasteiger partial charge in [0.05, 0.1) is 28.2 Å². The van der Waals surface area contributed by atoms with Crippen molar-refractivity contribution >= 4 is 39.5 Å². The summed E-state index contributed by atoms with van der Waals surface area (Å²) in [6, 6.07) is -0.353. The van der Waals surface area contributed by atoms with Gasteiger partial charge in [0.15, 0.2) is 0 Å². The van der Waals surface area contributed by atoms with Crippen molar-refractivity contribution in [2.75, 3.05) is 6.54 Å². The third-order valence-electron chi connectivity index (χ3n) is 3.66. The van der Waals surface area contributed by atoms with Gasteiger partial charge in [-0.15, -0.1) is 11.3 Å². The van der Waals surface area contributed by atoms with Gasteiger partial charge < -0.3 is 14.8 Å². The van der Waals surface area contributed by atoms with Gasteiger partial charge in [0.25, 0.3) is 0 Å². The molecule has 7 nitrogen and oxygen atoms in total. The van der Waals surface area contributed by atoms with Gasteiger partial charge in [-0.05, 0) is 63.4 Å². The normalized spacial score (nSPS) is 20.8. The lowest BCUT2D eigenvalue weighted by atomic mass is 9.99. The third-order valence-corrected chi connectivity index (χ3v) is 5.23. The Bertz CT molecular complexity index is 644. The molecule has 146 valence electrons. The maximum atomic E-state index is 12.7. The summed E-state index contributed by atoms with van der Waals surface area (Å²) >= 11 is 4.92. The Labute approximate surface area is 166 Å². The summed E-state index contributed by atoms with van der Waals surface area (Å²) in [6.45, 7) is 9.44. The van der Waals surface area contributed by atoms with Gasteiger partial charge in [-0.25, -0.2) is 14.6 Å². The molecule has 9 heteroatoms. The van der Waals surface area contributed by atoms with Crippen LogP contribution >= 0.6 is 27.3 Å². The molecule has 1 aromatic rings. The van der Waals surface area contributed by atoms with Gasteiger partial charge in [0, 0.05) is 6.54 Å². The molecule has 0 aromatic carbocycles. The van der Waals surface area contributed by atoms with Crippen LogP contribution in [0.4, 0.5) is 9.59 Å². The number of hydrogen-bond donors (Lipinski definition) is 1. The molecular weight excluding hydrogens is 422 g/mol. The van der Waals surface area contributed by atoms with Gasteiger partial charge in [-0.2, -0.15) is 0 Å². The third kappa shape index (κ3) is 6.12. The fourth-order valence-electron chi connectivity index (χ4n) is 2.70. The summed E-state index contributed by atoms with van der Waals surface area (Å²) in [5, 5.41) is 3.69. The smallest absolute Gasteiger partial charge is 0.410 e. The van der Waals surface area contributed by atoms with Crippen LogP contribution in [0.25, 0.3) is 0 Å². The van der Waals surface area contributed by atoms with Crippen LogP contribution in [-0.2, 0) is 9.47 Å². The quantitative estimate of drug-likeness (QED) is 0.738. The van der Waals surface area contributed by atoms with Crippen molar-refractivity contribution in [3.05, 3.63) is 15.0 Å². The second-order valence-electron chi connectivity index (χ2n) is 7.52. The van der Waals surface area contributed by atoms with E-state index in [0.29, 0.717) is 13.0 Å². The lowest BCUT2D eigenvalue weighted by Gasteiger charge is -2.39. The van der Waals surface area contributed by atoms with Gasteiger partial charge in [-0.1, -0.05) is 0 Å². The van der Waals surface area contributed by atoms with Crippen molar-refractivity contribution in [1.29, 1.82) is 0 Å². The first kappa shape index (κ1) is 21.0. The Balaban J connectivity index is 2.13. The van der Waals surface area contributed by atoms with Crippen LogP contribution in [0.2, 0.25) is 0 Å². The van der Waals surface area contributed by atoms with Gasteiger partial charge in [-0.3, -0.25) is 4.90 Å². The lowest BCUT2D eigenvalue weighted by molar-refractivity contribution is 0.00491. The van der Waals surface area contributed by atoms with E-state index in [1.165, 1.54) is 11.3 Å². The molecule has 2 amide bonds. The molecule has 1 N–H and O–H groups in total. The molecule has 0 spiro atoms. The molecule has 26 heavy (non-hydrogen) atoms. The second kappa shape index (κ2) is 8.56. The molecule has 1 saturated heterocycles. The predicted molar refractivity (Wildman–Crippen MR) is 103 cm³/mol. The number of nitrogens with one attached hydrogen (secondary N) is 1.